The standard InChI is InChI=1S/C14H19ClN2O/c1-17(13-7-2-3-8-14(13)18)16-10-11-5-4-6-12(15)9-11/h4-6,9-10,13-14,18H,2-3,7-8H2,1H3/b16-10+/t13-,14-/m0/s1. The molecule has 98 valence electrons. The third-order valence-corrected chi connectivity index (χ3v) is 3.65. The molecule has 0 aliphatic heterocycles. The third kappa shape index (κ3) is 3.47. The minimum absolute atomic E-state index is 0.134. The Kier molecular flexibility index (Phi) is 4.61. The lowest BCUT2D eigenvalue weighted by Crippen LogP contribution is -2.40. The molecule has 18 heavy (non-hydrogen) atoms. The van der Waals surface area contributed by atoms with E-state index in [0.717, 1.165) is 24.8 Å². The SMILES string of the molecule is CN(/N=C/c1cccc(Cl)c1)[C@H]1CCCC[C@@H]1O. The van der Waals surface area contributed by atoms with E-state index in [1.807, 2.05) is 36.3 Å². The zero-order chi connectivity index (χ0) is 13.0. The van der Waals surface area contributed by atoms with Gasteiger partial charge in [-0.15, -0.1) is 0 Å². The molecule has 0 aromatic heterocycles. The minimum Gasteiger partial charge on any atom is -0.391 e. The molecule has 0 radical (unpaired) electrons. The minimum atomic E-state index is -0.264. The maximum atomic E-state index is 9.94. The van der Waals surface area contributed by atoms with Crippen molar-refractivity contribution in [1.29, 1.82) is 0 Å². The van der Waals surface area contributed by atoms with E-state index in [1.54, 1.807) is 6.21 Å². The van der Waals surface area contributed by atoms with Crippen LogP contribution in [-0.4, -0.2) is 35.5 Å². The first-order chi connectivity index (χ1) is 8.66. The Labute approximate surface area is 113 Å². The first-order valence-corrected chi connectivity index (χ1v) is 6.75. The Balaban J connectivity index is 1.99. The largest absolute Gasteiger partial charge is 0.391 e. The molecule has 4 heteroatoms. The van der Waals surface area contributed by atoms with Crippen LogP contribution >= 0.6 is 11.6 Å². The van der Waals surface area contributed by atoms with E-state index in [9.17, 15) is 5.11 Å². The highest BCUT2D eigenvalue weighted by atomic mass is 35.5. The van der Waals surface area contributed by atoms with Gasteiger partial charge in [0.25, 0.3) is 0 Å². The summed E-state index contributed by atoms with van der Waals surface area (Å²) in [5.74, 6) is 0. The van der Waals surface area contributed by atoms with Crippen LogP contribution in [0.25, 0.3) is 0 Å². The number of benzene rings is 1. The molecular formula is C14H19ClN2O. The maximum absolute atomic E-state index is 9.94. The van der Waals surface area contributed by atoms with Crippen LogP contribution in [0.5, 0.6) is 0 Å². The summed E-state index contributed by atoms with van der Waals surface area (Å²) < 4.78 is 0. The van der Waals surface area contributed by atoms with Gasteiger partial charge in [0, 0.05) is 12.1 Å². The van der Waals surface area contributed by atoms with E-state index < -0.39 is 0 Å². The quantitative estimate of drug-likeness (QED) is 0.675. The normalized spacial score (nSPS) is 24.4. The summed E-state index contributed by atoms with van der Waals surface area (Å²) in [4.78, 5) is 0. The molecule has 2 atom stereocenters. The van der Waals surface area contributed by atoms with Crippen molar-refractivity contribution in [2.24, 2.45) is 5.10 Å². The number of aliphatic hydroxyl groups is 1. The van der Waals surface area contributed by atoms with Crippen LogP contribution in [0.4, 0.5) is 0 Å². The lowest BCUT2D eigenvalue weighted by atomic mass is 9.92. The van der Waals surface area contributed by atoms with E-state index in [0.29, 0.717) is 5.02 Å². The fourth-order valence-corrected chi connectivity index (χ4v) is 2.56. The van der Waals surface area contributed by atoms with Gasteiger partial charge < -0.3 is 5.11 Å². The fraction of sp³-hybridized carbons (Fsp3) is 0.500. The van der Waals surface area contributed by atoms with Gasteiger partial charge in [-0.2, -0.15) is 5.10 Å². The Hall–Kier alpha value is -1.06. The van der Waals surface area contributed by atoms with Crippen molar-refractivity contribution in [3.63, 3.8) is 0 Å². The monoisotopic (exact) mass is 266 g/mol. The molecule has 1 fully saturated rings. The Bertz CT molecular complexity index is 422. The number of likely N-dealkylation sites (N-methyl/N-ethyl adjacent to an activating group) is 1. The van der Waals surface area contributed by atoms with Crippen LogP contribution in [0.3, 0.4) is 0 Å². The Morgan fingerprint density at radius 3 is 2.89 bits per heavy atom. The Morgan fingerprint density at radius 2 is 2.17 bits per heavy atom. The maximum Gasteiger partial charge on any atom is 0.0759 e. The summed E-state index contributed by atoms with van der Waals surface area (Å²) in [7, 11) is 1.92. The van der Waals surface area contributed by atoms with Gasteiger partial charge >= 0.3 is 0 Å². The van der Waals surface area contributed by atoms with Crippen LogP contribution in [-0.2, 0) is 0 Å². The van der Waals surface area contributed by atoms with E-state index >= 15 is 0 Å². The van der Waals surface area contributed by atoms with Crippen molar-refractivity contribution >= 4 is 17.8 Å². The molecule has 0 spiro atoms. The fourth-order valence-electron chi connectivity index (χ4n) is 2.36. The second-order valence-electron chi connectivity index (χ2n) is 4.79. The molecule has 0 amide bonds. The lowest BCUT2D eigenvalue weighted by Gasteiger charge is -2.33. The average molecular weight is 267 g/mol. The van der Waals surface area contributed by atoms with Gasteiger partial charge in [-0.1, -0.05) is 36.6 Å². The summed E-state index contributed by atoms with van der Waals surface area (Å²) in [6.07, 6.45) is 5.68. The molecule has 1 aromatic rings. The number of hydrogen-bond acceptors (Lipinski definition) is 3. The number of hydrazone groups is 1. The van der Waals surface area contributed by atoms with Crippen LogP contribution in [0.1, 0.15) is 31.2 Å². The highest BCUT2D eigenvalue weighted by molar-refractivity contribution is 6.30. The zero-order valence-corrected chi connectivity index (χ0v) is 11.3. The van der Waals surface area contributed by atoms with Crippen molar-refractivity contribution in [2.45, 2.75) is 37.8 Å². The van der Waals surface area contributed by atoms with Crippen molar-refractivity contribution in [3.8, 4) is 0 Å². The van der Waals surface area contributed by atoms with Gasteiger partial charge in [-0.05, 0) is 30.5 Å². The number of nitrogens with zero attached hydrogens (tertiary/aromatic N) is 2. The van der Waals surface area contributed by atoms with Gasteiger partial charge in [0.15, 0.2) is 0 Å². The smallest absolute Gasteiger partial charge is 0.0759 e. The molecule has 0 bridgehead atoms. The molecule has 1 saturated carbocycles. The molecule has 1 aromatic carbocycles. The molecular weight excluding hydrogens is 248 g/mol. The van der Waals surface area contributed by atoms with Gasteiger partial charge in [-0.3, -0.25) is 5.01 Å². The second-order valence-corrected chi connectivity index (χ2v) is 5.23. The van der Waals surface area contributed by atoms with E-state index in [2.05, 4.69) is 5.10 Å². The molecule has 1 aliphatic carbocycles. The summed E-state index contributed by atoms with van der Waals surface area (Å²) in [5.41, 5.74) is 0.972. The molecule has 0 saturated heterocycles. The first-order valence-electron chi connectivity index (χ1n) is 6.37. The van der Waals surface area contributed by atoms with Gasteiger partial charge in [0.2, 0.25) is 0 Å². The number of rotatable bonds is 3. The van der Waals surface area contributed by atoms with Gasteiger partial charge in [0.05, 0.1) is 18.4 Å². The van der Waals surface area contributed by atoms with Crippen molar-refractivity contribution < 1.29 is 5.11 Å². The van der Waals surface area contributed by atoms with Gasteiger partial charge in [0.1, 0.15) is 0 Å². The molecule has 0 unspecified atom stereocenters. The Morgan fingerprint density at radius 1 is 1.39 bits per heavy atom. The molecule has 1 N–H and O–H groups in total. The molecule has 3 nitrogen and oxygen atoms in total. The molecule has 1 aliphatic rings. The second kappa shape index (κ2) is 6.21. The van der Waals surface area contributed by atoms with E-state index in [4.69, 9.17) is 11.6 Å². The predicted octanol–water partition coefficient (Wildman–Crippen LogP) is 2.91. The molecule has 2 rings (SSSR count). The topological polar surface area (TPSA) is 35.8 Å². The highest BCUT2D eigenvalue weighted by Crippen LogP contribution is 2.22. The molecule has 0 heterocycles. The van der Waals surface area contributed by atoms with Crippen LogP contribution in [0, 0.1) is 0 Å². The number of aliphatic hydroxyl groups excluding tert-OH is 1. The summed E-state index contributed by atoms with van der Waals surface area (Å²) >= 11 is 5.92. The lowest BCUT2D eigenvalue weighted by molar-refractivity contribution is 0.0338. The predicted molar refractivity (Wildman–Crippen MR) is 75.1 cm³/mol. The van der Waals surface area contributed by atoms with E-state index in [1.165, 1.54) is 6.42 Å². The van der Waals surface area contributed by atoms with Crippen LogP contribution < -0.4 is 0 Å². The first kappa shape index (κ1) is 13.4. The van der Waals surface area contributed by atoms with Crippen molar-refractivity contribution in [2.75, 3.05) is 7.05 Å². The zero-order valence-electron chi connectivity index (χ0n) is 10.6. The van der Waals surface area contributed by atoms with Crippen LogP contribution in [0.15, 0.2) is 29.4 Å². The summed E-state index contributed by atoms with van der Waals surface area (Å²) in [5, 5.41) is 16.9. The average Bonchev–Trinajstić information content (AvgIpc) is 2.37. The van der Waals surface area contributed by atoms with E-state index in [-0.39, 0.29) is 12.1 Å². The van der Waals surface area contributed by atoms with Crippen molar-refractivity contribution in [3.05, 3.63) is 34.9 Å². The number of halogens is 1. The van der Waals surface area contributed by atoms with Crippen LogP contribution in [0.2, 0.25) is 5.02 Å². The highest BCUT2D eigenvalue weighted by Gasteiger charge is 2.25. The third-order valence-electron chi connectivity index (χ3n) is 3.41. The number of hydrogen-bond donors (Lipinski definition) is 1. The van der Waals surface area contributed by atoms with Crippen molar-refractivity contribution in [1.82, 2.24) is 5.01 Å². The summed E-state index contributed by atoms with van der Waals surface area (Å²) in [6.45, 7) is 0. The summed E-state index contributed by atoms with van der Waals surface area (Å²) in [6, 6.07) is 7.71. The van der Waals surface area contributed by atoms with Gasteiger partial charge in [-0.25, -0.2) is 0 Å².